The molecule has 26 heavy (non-hydrogen) atoms. The Morgan fingerprint density at radius 2 is 1.96 bits per heavy atom. The molecular weight excluding hydrogens is 404 g/mol. The van der Waals surface area contributed by atoms with Crippen LogP contribution in [0.25, 0.3) is 0 Å². The molecule has 0 bridgehead atoms. The van der Waals surface area contributed by atoms with Crippen molar-refractivity contribution in [3.63, 3.8) is 0 Å². The number of hydrogen-bond donors (Lipinski definition) is 1. The maximum absolute atomic E-state index is 11.9. The highest BCUT2D eigenvalue weighted by Gasteiger charge is 2.08. The van der Waals surface area contributed by atoms with Crippen molar-refractivity contribution < 1.29 is 4.79 Å². The molecule has 0 saturated carbocycles. The highest BCUT2D eigenvalue weighted by Crippen LogP contribution is 2.30. The van der Waals surface area contributed by atoms with Gasteiger partial charge in [-0.3, -0.25) is 4.79 Å². The van der Waals surface area contributed by atoms with Crippen LogP contribution in [0.4, 0.5) is 0 Å². The third-order valence-electron chi connectivity index (χ3n) is 3.19. The Kier molecular flexibility index (Phi) is 7.24. The first-order valence-corrected chi connectivity index (χ1v) is 11.4. The molecule has 1 N–H and O–H groups in total. The number of carbonyl (C=O) groups is 1. The van der Waals surface area contributed by atoms with E-state index in [-0.39, 0.29) is 11.7 Å². The largest absolute Gasteiger partial charge is 0.272 e. The summed E-state index contributed by atoms with van der Waals surface area (Å²) in [5.74, 6) is 0.963. The molecule has 134 valence electrons. The third-order valence-corrected chi connectivity index (χ3v) is 7.41. The van der Waals surface area contributed by atoms with E-state index in [9.17, 15) is 4.79 Å². The Morgan fingerprint density at radius 3 is 2.69 bits per heavy atom. The zero-order valence-electron chi connectivity index (χ0n) is 13.9. The molecule has 1 amide bonds. The summed E-state index contributed by atoms with van der Waals surface area (Å²) in [5, 5.41) is 14.3. The average molecular weight is 421 g/mol. The lowest BCUT2D eigenvalue weighted by Gasteiger charge is -1.97. The van der Waals surface area contributed by atoms with Gasteiger partial charge in [-0.25, -0.2) is 5.43 Å². The van der Waals surface area contributed by atoms with E-state index in [0.717, 1.165) is 24.9 Å². The second-order valence-corrected chi connectivity index (χ2v) is 9.53. The fourth-order valence-corrected chi connectivity index (χ4v) is 5.43. The number of aryl methyl sites for hydroxylation is 1. The number of hydrogen-bond acceptors (Lipinski definition) is 8. The van der Waals surface area contributed by atoms with E-state index < -0.39 is 0 Å². The molecule has 0 aliphatic heterocycles. The molecule has 0 aliphatic carbocycles. The Bertz CT molecular complexity index is 876. The van der Waals surface area contributed by atoms with Gasteiger partial charge in [-0.05, 0) is 29.5 Å². The van der Waals surface area contributed by atoms with E-state index in [4.69, 9.17) is 0 Å². The molecule has 1 aromatic carbocycles. The van der Waals surface area contributed by atoms with Crippen LogP contribution in [-0.2, 0) is 10.5 Å². The zero-order chi connectivity index (χ0) is 18.2. The van der Waals surface area contributed by atoms with Crippen LogP contribution in [0, 0.1) is 6.92 Å². The highest BCUT2D eigenvalue weighted by atomic mass is 32.2. The second kappa shape index (κ2) is 9.86. The lowest BCUT2D eigenvalue weighted by Crippen LogP contribution is -2.19. The predicted octanol–water partition coefficient (Wildman–Crippen LogP) is 4.44. The number of nitrogens with one attached hydrogen (secondary N) is 1. The molecule has 0 saturated heterocycles. The van der Waals surface area contributed by atoms with Gasteiger partial charge in [-0.2, -0.15) is 5.10 Å². The van der Waals surface area contributed by atoms with E-state index in [1.54, 1.807) is 29.3 Å². The third kappa shape index (κ3) is 5.94. The minimum atomic E-state index is -0.158. The van der Waals surface area contributed by atoms with E-state index in [0.29, 0.717) is 0 Å². The zero-order valence-corrected chi connectivity index (χ0v) is 17.2. The normalized spacial score (nSPS) is 11.1. The van der Waals surface area contributed by atoms with Crippen LogP contribution >= 0.6 is 46.2 Å². The topological polar surface area (TPSA) is 67.2 Å². The van der Waals surface area contributed by atoms with Gasteiger partial charge < -0.3 is 0 Å². The smallest absolute Gasteiger partial charge is 0.250 e. The molecule has 0 fully saturated rings. The van der Waals surface area contributed by atoms with Gasteiger partial charge in [0.05, 0.1) is 12.0 Å². The summed E-state index contributed by atoms with van der Waals surface area (Å²) in [4.78, 5) is 12.9. The SMILES string of the molecule is Cc1ccsc1/C=N\NC(=O)CSc1nnc(SCc2ccccc2)s1. The van der Waals surface area contributed by atoms with Crippen LogP contribution < -0.4 is 5.43 Å². The lowest BCUT2D eigenvalue weighted by molar-refractivity contribution is -0.118. The molecule has 0 atom stereocenters. The molecule has 5 nitrogen and oxygen atoms in total. The number of thiophene rings is 1. The summed E-state index contributed by atoms with van der Waals surface area (Å²) in [6, 6.07) is 12.3. The summed E-state index contributed by atoms with van der Waals surface area (Å²) in [7, 11) is 0. The predicted molar refractivity (Wildman–Crippen MR) is 111 cm³/mol. The van der Waals surface area contributed by atoms with Crippen molar-refractivity contribution in [2.24, 2.45) is 5.10 Å². The Hall–Kier alpha value is -1.68. The van der Waals surface area contributed by atoms with Gasteiger partial charge in [0.1, 0.15) is 0 Å². The van der Waals surface area contributed by atoms with Crippen LogP contribution in [0.15, 0.2) is 55.6 Å². The number of carbonyl (C=O) groups excluding carboxylic acids is 1. The molecular formula is C17H16N4OS4. The molecule has 2 aromatic heterocycles. The monoisotopic (exact) mass is 420 g/mol. The molecule has 0 aliphatic rings. The summed E-state index contributed by atoms with van der Waals surface area (Å²) in [6.07, 6.45) is 1.67. The molecule has 3 aromatic rings. The number of benzene rings is 1. The number of nitrogens with zero attached hydrogens (tertiary/aromatic N) is 3. The molecule has 9 heteroatoms. The van der Waals surface area contributed by atoms with Crippen molar-refractivity contribution in [2.75, 3.05) is 5.75 Å². The number of aromatic nitrogens is 2. The lowest BCUT2D eigenvalue weighted by atomic mass is 10.2. The van der Waals surface area contributed by atoms with Crippen LogP contribution in [-0.4, -0.2) is 28.1 Å². The number of hydrazone groups is 1. The van der Waals surface area contributed by atoms with Crippen LogP contribution in [0.1, 0.15) is 16.0 Å². The van der Waals surface area contributed by atoms with E-state index in [1.165, 1.54) is 28.7 Å². The minimum Gasteiger partial charge on any atom is -0.272 e. The molecule has 2 heterocycles. The first-order chi connectivity index (χ1) is 12.7. The maximum Gasteiger partial charge on any atom is 0.250 e. The van der Waals surface area contributed by atoms with E-state index >= 15 is 0 Å². The summed E-state index contributed by atoms with van der Waals surface area (Å²) >= 11 is 6.12. The van der Waals surface area contributed by atoms with Crippen molar-refractivity contribution in [3.05, 3.63) is 57.8 Å². The van der Waals surface area contributed by atoms with Gasteiger partial charge in [0, 0.05) is 10.6 Å². The molecule has 0 unspecified atom stereocenters. The van der Waals surface area contributed by atoms with Gasteiger partial charge in [-0.1, -0.05) is 65.2 Å². The second-order valence-electron chi connectivity index (χ2n) is 5.16. The van der Waals surface area contributed by atoms with Crippen LogP contribution in [0.2, 0.25) is 0 Å². The van der Waals surface area contributed by atoms with Gasteiger partial charge in [-0.15, -0.1) is 21.5 Å². The Morgan fingerprint density at radius 1 is 1.19 bits per heavy atom. The Balaban J connectivity index is 1.40. The number of amides is 1. The molecule has 0 radical (unpaired) electrons. The van der Waals surface area contributed by atoms with Crippen LogP contribution in [0.3, 0.4) is 0 Å². The highest BCUT2D eigenvalue weighted by molar-refractivity contribution is 8.03. The molecule has 3 rings (SSSR count). The van der Waals surface area contributed by atoms with Gasteiger partial charge >= 0.3 is 0 Å². The van der Waals surface area contributed by atoms with Crippen LogP contribution in [0.5, 0.6) is 0 Å². The van der Waals surface area contributed by atoms with Crippen molar-refractivity contribution in [1.82, 2.24) is 15.6 Å². The van der Waals surface area contributed by atoms with Crippen molar-refractivity contribution >= 4 is 58.3 Å². The standard InChI is InChI=1S/C17H16N4OS4/c1-12-7-8-23-14(12)9-18-19-15(22)11-25-17-21-20-16(26-17)24-10-13-5-3-2-4-6-13/h2-9H,10-11H2,1H3,(H,19,22)/b18-9-. The average Bonchev–Trinajstić information content (AvgIpc) is 3.28. The van der Waals surface area contributed by atoms with Crippen molar-refractivity contribution in [2.45, 2.75) is 21.4 Å². The van der Waals surface area contributed by atoms with Gasteiger partial charge in [0.25, 0.3) is 5.91 Å². The van der Waals surface area contributed by atoms with E-state index in [1.807, 2.05) is 36.6 Å². The fraction of sp³-hybridized carbons (Fsp3) is 0.176. The molecule has 0 spiro atoms. The summed E-state index contributed by atoms with van der Waals surface area (Å²) in [6.45, 7) is 2.01. The van der Waals surface area contributed by atoms with Crippen molar-refractivity contribution in [3.8, 4) is 0 Å². The maximum atomic E-state index is 11.9. The van der Waals surface area contributed by atoms with Gasteiger partial charge in [0.15, 0.2) is 8.68 Å². The summed E-state index contributed by atoms with van der Waals surface area (Å²) < 4.78 is 1.69. The quantitative estimate of drug-likeness (QED) is 0.331. The number of rotatable bonds is 8. The van der Waals surface area contributed by atoms with Crippen molar-refractivity contribution in [1.29, 1.82) is 0 Å². The fourth-order valence-electron chi connectivity index (χ4n) is 1.87. The minimum absolute atomic E-state index is 0.158. The first kappa shape index (κ1) is 19.1. The van der Waals surface area contributed by atoms with E-state index in [2.05, 4.69) is 32.9 Å². The number of thioether (sulfide) groups is 2. The van der Waals surface area contributed by atoms with Gasteiger partial charge in [0.2, 0.25) is 0 Å². The Labute approximate surface area is 168 Å². The first-order valence-electron chi connectivity index (χ1n) is 7.70. The summed E-state index contributed by atoms with van der Waals surface area (Å²) in [5.41, 5.74) is 4.94.